The van der Waals surface area contributed by atoms with E-state index < -0.39 is 0 Å². The molecule has 0 saturated heterocycles. The minimum atomic E-state index is 0.00437. The van der Waals surface area contributed by atoms with Crippen molar-refractivity contribution in [2.24, 2.45) is 0 Å². The minimum Gasteiger partial charge on any atom is -0.273 e. The Balaban J connectivity index is 2.87. The highest BCUT2D eigenvalue weighted by Crippen LogP contribution is 2.15. The molecule has 0 aliphatic rings. The van der Waals surface area contributed by atoms with Crippen LogP contribution in [0.4, 0.5) is 5.82 Å². The largest absolute Gasteiger partial charge is 0.273 e. The number of pyridine rings is 1. The van der Waals surface area contributed by atoms with E-state index in [0.29, 0.717) is 6.54 Å². The lowest BCUT2D eigenvalue weighted by molar-refractivity contribution is -0.129. The van der Waals surface area contributed by atoms with Crippen LogP contribution in [0.1, 0.15) is 13.8 Å². The van der Waals surface area contributed by atoms with E-state index in [0.717, 1.165) is 10.3 Å². The summed E-state index contributed by atoms with van der Waals surface area (Å²) in [5, 5.41) is 3.37. The molecule has 1 aromatic heterocycles. The van der Waals surface area contributed by atoms with Crippen LogP contribution in [0.25, 0.3) is 0 Å². The summed E-state index contributed by atoms with van der Waals surface area (Å²) in [5.41, 5.74) is 0. The Hall–Kier alpha value is -1.10. The summed E-state index contributed by atoms with van der Waals surface area (Å²) in [5.74, 6) is 0.750. The van der Waals surface area contributed by atoms with Crippen molar-refractivity contribution >= 4 is 27.7 Å². The summed E-state index contributed by atoms with van der Waals surface area (Å²) >= 11 is 3.32. The number of hydrogen-bond acceptors (Lipinski definition) is 3. The molecule has 0 radical (unpaired) electrons. The van der Waals surface area contributed by atoms with Crippen molar-refractivity contribution in [2.45, 2.75) is 13.8 Å². The van der Waals surface area contributed by atoms with Crippen LogP contribution in [0.5, 0.6) is 0 Å². The third kappa shape index (κ3) is 2.92. The number of halogens is 1. The van der Waals surface area contributed by atoms with Gasteiger partial charge in [0.25, 0.3) is 0 Å². The van der Waals surface area contributed by atoms with Crippen LogP contribution in [0.3, 0.4) is 0 Å². The van der Waals surface area contributed by atoms with Crippen LogP contribution in [0, 0.1) is 0 Å². The zero-order valence-electron chi connectivity index (χ0n) is 9.07. The standard InChI is InChI=1S/C10H14BrN3O/c1-4-14(8(2)15)13(3)10-6-5-9(11)7-12-10/h5-7H,4H2,1-3H3. The fourth-order valence-electron chi connectivity index (χ4n) is 1.33. The van der Waals surface area contributed by atoms with Gasteiger partial charge in [0.05, 0.1) is 0 Å². The van der Waals surface area contributed by atoms with E-state index >= 15 is 0 Å². The molecule has 0 unspecified atom stereocenters. The third-order valence-corrected chi connectivity index (χ3v) is 2.54. The van der Waals surface area contributed by atoms with Crippen molar-refractivity contribution in [1.82, 2.24) is 9.99 Å². The molecule has 1 amide bonds. The highest BCUT2D eigenvalue weighted by atomic mass is 79.9. The van der Waals surface area contributed by atoms with Gasteiger partial charge in [-0.25, -0.2) is 4.98 Å². The Morgan fingerprint density at radius 1 is 1.53 bits per heavy atom. The average Bonchev–Trinajstić information content (AvgIpc) is 2.19. The first-order valence-electron chi connectivity index (χ1n) is 4.69. The number of hydrazine groups is 1. The second-order valence-corrected chi connectivity index (χ2v) is 4.01. The molecule has 1 aromatic rings. The lowest BCUT2D eigenvalue weighted by Crippen LogP contribution is -2.43. The first-order valence-corrected chi connectivity index (χ1v) is 5.49. The molecular weight excluding hydrogens is 258 g/mol. The molecule has 15 heavy (non-hydrogen) atoms. The van der Waals surface area contributed by atoms with Crippen LogP contribution >= 0.6 is 15.9 Å². The summed E-state index contributed by atoms with van der Waals surface area (Å²) in [6.07, 6.45) is 1.71. The maximum Gasteiger partial charge on any atom is 0.237 e. The number of rotatable bonds is 3. The van der Waals surface area contributed by atoms with E-state index in [1.807, 2.05) is 26.1 Å². The number of hydrogen-bond donors (Lipinski definition) is 0. The zero-order valence-corrected chi connectivity index (χ0v) is 10.7. The first-order chi connectivity index (χ1) is 7.06. The number of amides is 1. The monoisotopic (exact) mass is 271 g/mol. The molecular formula is C10H14BrN3O. The van der Waals surface area contributed by atoms with Gasteiger partial charge in [-0.3, -0.25) is 14.8 Å². The van der Waals surface area contributed by atoms with Crippen molar-refractivity contribution in [3.63, 3.8) is 0 Å². The smallest absolute Gasteiger partial charge is 0.237 e. The Kier molecular flexibility index (Phi) is 4.08. The van der Waals surface area contributed by atoms with Crippen LogP contribution in [-0.2, 0) is 4.79 Å². The van der Waals surface area contributed by atoms with Gasteiger partial charge in [-0.1, -0.05) is 0 Å². The van der Waals surface area contributed by atoms with Crippen LogP contribution in [-0.4, -0.2) is 29.5 Å². The van der Waals surface area contributed by atoms with E-state index in [-0.39, 0.29) is 5.91 Å². The molecule has 0 atom stereocenters. The molecule has 0 bridgehead atoms. The highest BCUT2D eigenvalue weighted by molar-refractivity contribution is 9.10. The van der Waals surface area contributed by atoms with Crippen molar-refractivity contribution < 1.29 is 4.79 Å². The van der Waals surface area contributed by atoms with Gasteiger partial charge in [-0.2, -0.15) is 0 Å². The Bertz CT molecular complexity index is 339. The molecule has 4 nitrogen and oxygen atoms in total. The Morgan fingerprint density at radius 3 is 2.60 bits per heavy atom. The van der Waals surface area contributed by atoms with Gasteiger partial charge in [0.2, 0.25) is 5.91 Å². The van der Waals surface area contributed by atoms with Gasteiger partial charge in [0.15, 0.2) is 0 Å². The molecule has 1 rings (SSSR count). The molecule has 0 spiro atoms. The zero-order chi connectivity index (χ0) is 11.4. The average molecular weight is 272 g/mol. The summed E-state index contributed by atoms with van der Waals surface area (Å²) < 4.78 is 0.922. The SMILES string of the molecule is CCN(C(C)=O)N(C)c1ccc(Br)cn1. The molecule has 0 fully saturated rings. The molecule has 1 heterocycles. The number of aromatic nitrogens is 1. The molecule has 0 saturated carbocycles. The van der Waals surface area contributed by atoms with Crippen molar-refractivity contribution in [3.8, 4) is 0 Å². The first kappa shape index (κ1) is 12.0. The van der Waals surface area contributed by atoms with E-state index in [1.54, 1.807) is 23.1 Å². The molecule has 0 aliphatic heterocycles. The summed E-state index contributed by atoms with van der Waals surface area (Å²) in [6.45, 7) is 4.10. The van der Waals surface area contributed by atoms with Gasteiger partial charge in [-0.15, -0.1) is 0 Å². The van der Waals surface area contributed by atoms with Gasteiger partial charge < -0.3 is 0 Å². The summed E-state index contributed by atoms with van der Waals surface area (Å²) in [7, 11) is 1.82. The van der Waals surface area contributed by atoms with Crippen LogP contribution < -0.4 is 5.01 Å². The van der Waals surface area contributed by atoms with Crippen molar-refractivity contribution in [2.75, 3.05) is 18.6 Å². The number of nitrogens with zero attached hydrogens (tertiary/aromatic N) is 3. The minimum absolute atomic E-state index is 0.00437. The molecule has 0 N–H and O–H groups in total. The van der Waals surface area contributed by atoms with Crippen LogP contribution in [0.2, 0.25) is 0 Å². The summed E-state index contributed by atoms with van der Waals surface area (Å²) in [4.78, 5) is 15.5. The maximum atomic E-state index is 11.3. The van der Waals surface area contributed by atoms with Gasteiger partial charge in [0, 0.05) is 31.2 Å². The van der Waals surface area contributed by atoms with Gasteiger partial charge in [0.1, 0.15) is 5.82 Å². The number of anilines is 1. The van der Waals surface area contributed by atoms with E-state index in [9.17, 15) is 4.79 Å². The fourth-order valence-corrected chi connectivity index (χ4v) is 1.56. The lowest BCUT2D eigenvalue weighted by atomic mass is 10.4. The Labute approximate surface area is 98.0 Å². The molecule has 5 heteroatoms. The predicted molar refractivity (Wildman–Crippen MR) is 63.4 cm³/mol. The quantitative estimate of drug-likeness (QED) is 0.790. The predicted octanol–water partition coefficient (Wildman–Crippen LogP) is 2.06. The maximum absolute atomic E-state index is 11.3. The summed E-state index contributed by atoms with van der Waals surface area (Å²) in [6, 6.07) is 3.75. The van der Waals surface area contributed by atoms with E-state index in [4.69, 9.17) is 0 Å². The third-order valence-electron chi connectivity index (χ3n) is 2.07. The second-order valence-electron chi connectivity index (χ2n) is 3.09. The van der Waals surface area contributed by atoms with Crippen molar-refractivity contribution in [3.05, 3.63) is 22.8 Å². The van der Waals surface area contributed by atoms with Gasteiger partial charge in [-0.05, 0) is 35.0 Å². The molecule has 82 valence electrons. The lowest BCUT2D eigenvalue weighted by Gasteiger charge is -2.30. The topological polar surface area (TPSA) is 36.4 Å². The highest BCUT2D eigenvalue weighted by Gasteiger charge is 2.13. The van der Waals surface area contributed by atoms with E-state index in [2.05, 4.69) is 20.9 Å². The van der Waals surface area contributed by atoms with Crippen molar-refractivity contribution in [1.29, 1.82) is 0 Å². The Morgan fingerprint density at radius 2 is 2.20 bits per heavy atom. The van der Waals surface area contributed by atoms with Crippen LogP contribution in [0.15, 0.2) is 22.8 Å². The fraction of sp³-hybridized carbons (Fsp3) is 0.400. The van der Waals surface area contributed by atoms with E-state index in [1.165, 1.54) is 0 Å². The van der Waals surface area contributed by atoms with Gasteiger partial charge >= 0.3 is 0 Å². The normalized spacial score (nSPS) is 9.87. The molecule has 0 aliphatic carbocycles. The second kappa shape index (κ2) is 5.11. The molecule has 0 aromatic carbocycles. The number of carbonyl (C=O) groups excluding carboxylic acids is 1. The number of carbonyl (C=O) groups is 1.